The molecule has 0 aromatic heterocycles. The van der Waals surface area contributed by atoms with Gasteiger partial charge >= 0.3 is 0 Å². The quantitative estimate of drug-likeness (QED) is 0.624. The Kier molecular flexibility index (Phi) is 5.97. The Labute approximate surface area is 138 Å². The van der Waals surface area contributed by atoms with Gasteiger partial charge in [0.2, 0.25) is 10.0 Å². The van der Waals surface area contributed by atoms with Crippen LogP contribution in [0.25, 0.3) is 11.1 Å². The first-order valence-corrected chi connectivity index (χ1v) is 9.17. The minimum absolute atomic E-state index is 0.293. The lowest BCUT2D eigenvalue weighted by molar-refractivity contribution is 0.578. The summed E-state index contributed by atoms with van der Waals surface area (Å²) in [7, 11) is -3.42. The number of nitrogens with one attached hydrogen (secondary N) is 1. The molecule has 0 fully saturated rings. The molecule has 0 saturated carbocycles. The summed E-state index contributed by atoms with van der Waals surface area (Å²) in [6.45, 7) is 2.50. The SMILES string of the molecule is C#CCc1ccc(-c2ccc(S(=O)(=O)NCCCC)cc2)cc1. The molecule has 2 aromatic carbocycles. The van der Waals surface area contributed by atoms with E-state index in [1.807, 2.05) is 43.3 Å². The molecule has 3 nitrogen and oxygen atoms in total. The maximum Gasteiger partial charge on any atom is 0.240 e. The van der Waals surface area contributed by atoms with E-state index in [4.69, 9.17) is 6.42 Å². The summed E-state index contributed by atoms with van der Waals surface area (Å²) in [5, 5.41) is 0. The van der Waals surface area contributed by atoms with Gasteiger partial charge in [-0.05, 0) is 35.2 Å². The van der Waals surface area contributed by atoms with Gasteiger partial charge in [-0.25, -0.2) is 13.1 Å². The number of rotatable bonds is 7. The van der Waals surface area contributed by atoms with E-state index in [2.05, 4.69) is 10.6 Å². The van der Waals surface area contributed by atoms with Gasteiger partial charge in [0.25, 0.3) is 0 Å². The Morgan fingerprint density at radius 3 is 2.09 bits per heavy atom. The van der Waals surface area contributed by atoms with Crippen molar-refractivity contribution in [2.24, 2.45) is 0 Å². The van der Waals surface area contributed by atoms with Gasteiger partial charge in [-0.3, -0.25) is 0 Å². The van der Waals surface area contributed by atoms with Crippen LogP contribution in [0.1, 0.15) is 25.3 Å². The molecule has 23 heavy (non-hydrogen) atoms. The molecule has 2 rings (SSSR count). The zero-order chi connectivity index (χ0) is 16.7. The van der Waals surface area contributed by atoms with E-state index in [-0.39, 0.29) is 0 Å². The molecular formula is C19H21NO2S. The standard InChI is InChI=1S/C19H21NO2S/c1-3-5-15-20-23(21,22)19-13-11-18(12-14-19)17-9-7-16(6-4-2)8-10-17/h2,7-14,20H,3,5-6,15H2,1H3. The molecule has 2 aromatic rings. The summed E-state index contributed by atoms with van der Waals surface area (Å²) in [5.74, 6) is 2.61. The van der Waals surface area contributed by atoms with E-state index >= 15 is 0 Å². The van der Waals surface area contributed by atoms with Gasteiger partial charge in [0, 0.05) is 13.0 Å². The van der Waals surface area contributed by atoms with Crippen LogP contribution in [0.15, 0.2) is 53.4 Å². The van der Waals surface area contributed by atoms with E-state index in [9.17, 15) is 8.42 Å². The average molecular weight is 327 g/mol. The fraction of sp³-hybridized carbons (Fsp3) is 0.263. The highest BCUT2D eigenvalue weighted by atomic mass is 32.2. The number of hydrogen-bond acceptors (Lipinski definition) is 2. The number of benzene rings is 2. The van der Waals surface area contributed by atoms with Crippen LogP contribution < -0.4 is 4.72 Å². The first-order chi connectivity index (χ1) is 11.1. The maximum atomic E-state index is 12.1. The van der Waals surface area contributed by atoms with Crippen LogP contribution in [-0.2, 0) is 16.4 Å². The van der Waals surface area contributed by atoms with E-state index < -0.39 is 10.0 Å². The summed E-state index contributed by atoms with van der Waals surface area (Å²) in [6, 6.07) is 14.9. The summed E-state index contributed by atoms with van der Waals surface area (Å²) in [6.07, 6.45) is 7.70. The van der Waals surface area contributed by atoms with Crippen molar-refractivity contribution in [3.63, 3.8) is 0 Å². The zero-order valence-corrected chi connectivity index (χ0v) is 14.1. The Hall–Kier alpha value is -2.09. The van der Waals surface area contributed by atoms with Crippen LogP contribution in [0.3, 0.4) is 0 Å². The molecule has 0 spiro atoms. The van der Waals surface area contributed by atoms with Gasteiger partial charge in [0.1, 0.15) is 0 Å². The number of terminal acetylenes is 1. The first kappa shape index (κ1) is 17.3. The molecule has 0 aliphatic rings. The van der Waals surface area contributed by atoms with E-state index in [0.717, 1.165) is 29.5 Å². The third-order valence-corrected chi connectivity index (χ3v) is 5.06. The highest BCUT2D eigenvalue weighted by Gasteiger charge is 2.12. The Bertz CT molecular complexity index is 770. The van der Waals surface area contributed by atoms with E-state index in [0.29, 0.717) is 17.9 Å². The van der Waals surface area contributed by atoms with Gasteiger partial charge in [-0.1, -0.05) is 49.7 Å². The fourth-order valence-electron chi connectivity index (χ4n) is 2.23. The number of unbranched alkanes of at least 4 members (excludes halogenated alkanes) is 1. The molecule has 0 saturated heterocycles. The van der Waals surface area contributed by atoms with Crippen molar-refractivity contribution < 1.29 is 8.42 Å². The van der Waals surface area contributed by atoms with Crippen LogP contribution in [0.4, 0.5) is 0 Å². The molecule has 0 aliphatic heterocycles. The molecular weight excluding hydrogens is 306 g/mol. The summed E-state index contributed by atoms with van der Waals surface area (Å²) in [5.41, 5.74) is 3.11. The van der Waals surface area contributed by atoms with Crippen molar-refractivity contribution >= 4 is 10.0 Å². The Morgan fingerprint density at radius 2 is 1.57 bits per heavy atom. The minimum atomic E-state index is -3.42. The Balaban J connectivity index is 2.14. The van der Waals surface area contributed by atoms with Crippen molar-refractivity contribution in [2.75, 3.05) is 6.54 Å². The second-order valence-corrected chi connectivity index (χ2v) is 7.12. The van der Waals surface area contributed by atoms with Gasteiger partial charge < -0.3 is 0 Å². The molecule has 0 radical (unpaired) electrons. The van der Waals surface area contributed by atoms with Crippen LogP contribution >= 0.6 is 0 Å². The van der Waals surface area contributed by atoms with Crippen LogP contribution in [0, 0.1) is 12.3 Å². The van der Waals surface area contributed by atoms with Crippen molar-refractivity contribution in [3.05, 3.63) is 54.1 Å². The third-order valence-electron chi connectivity index (χ3n) is 3.58. The monoisotopic (exact) mass is 327 g/mol. The first-order valence-electron chi connectivity index (χ1n) is 7.69. The second-order valence-electron chi connectivity index (χ2n) is 5.35. The lowest BCUT2D eigenvalue weighted by Gasteiger charge is -2.08. The molecule has 0 unspecified atom stereocenters. The van der Waals surface area contributed by atoms with Gasteiger partial charge in [0.05, 0.1) is 4.90 Å². The lowest BCUT2D eigenvalue weighted by Crippen LogP contribution is -2.24. The van der Waals surface area contributed by atoms with Gasteiger partial charge in [-0.15, -0.1) is 12.3 Å². The topological polar surface area (TPSA) is 46.2 Å². The predicted octanol–water partition coefficient (Wildman–Crippen LogP) is 3.61. The normalized spacial score (nSPS) is 11.1. The molecule has 0 aliphatic carbocycles. The fourth-order valence-corrected chi connectivity index (χ4v) is 3.30. The third kappa shape index (κ3) is 4.69. The average Bonchev–Trinajstić information content (AvgIpc) is 2.56. The second kappa shape index (κ2) is 7.96. The number of hydrogen-bond donors (Lipinski definition) is 1. The zero-order valence-electron chi connectivity index (χ0n) is 13.2. The summed E-state index contributed by atoms with van der Waals surface area (Å²) in [4.78, 5) is 0.293. The molecule has 0 bridgehead atoms. The van der Waals surface area contributed by atoms with E-state index in [1.54, 1.807) is 12.1 Å². The maximum absolute atomic E-state index is 12.1. The Morgan fingerprint density at radius 1 is 1.00 bits per heavy atom. The summed E-state index contributed by atoms with van der Waals surface area (Å²) >= 11 is 0. The van der Waals surface area contributed by atoms with Crippen molar-refractivity contribution in [1.82, 2.24) is 4.72 Å². The number of sulfonamides is 1. The molecule has 0 heterocycles. The van der Waals surface area contributed by atoms with Crippen molar-refractivity contribution in [1.29, 1.82) is 0 Å². The van der Waals surface area contributed by atoms with Crippen LogP contribution in [0.2, 0.25) is 0 Å². The highest BCUT2D eigenvalue weighted by Crippen LogP contribution is 2.22. The summed E-state index contributed by atoms with van der Waals surface area (Å²) < 4.78 is 26.9. The lowest BCUT2D eigenvalue weighted by atomic mass is 10.0. The largest absolute Gasteiger partial charge is 0.240 e. The van der Waals surface area contributed by atoms with Crippen molar-refractivity contribution in [3.8, 4) is 23.5 Å². The molecule has 1 N–H and O–H groups in total. The molecule has 0 atom stereocenters. The van der Waals surface area contributed by atoms with E-state index in [1.165, 1.54) is 0 Å². The predicted molar refractivity (Wildman–Crippen MR) is 94.5 cm³/mol. The van der Waals surface area contributed by atoms with Crippen LogP contribution in [-0.4, -0.2) is 15.0 Å². The smallest absolute Gasteiger partial charge is 0.211 e. The van der Waals surface area contributed by atoms with Crippen molar-refractivity contribution in [2.45, 2.75) is 31.1 Å². The minimum Gasteiger partial charge on any atom is -0.211 e. The molecule has 120 valence electrons. The van der Waals surface area contributed by atoms with Crippen LogP contribution in [0.5, 0.6) is 0 Å². The van der Waals surface area contributed by atoms with Gasteiger partial charge in [-0.2, -0.15) is 0 Å². The highest BCUT2D eigenvalue weighted by molar-refractivity contribution is 7.89. The molecule has 0 amide bonds. The van der Waals surface area contributed by atoms with Gasteiger partial charge in [0.15, 0.2) is 0 Å². The molecule has 4 heteroatoms.